The van der Waals surface area contributed by atoms with Crippen LogP contribution in [-0.4, -0.2) is 21.6 Å². The number of nitrogens with zero attached hydrogens (tertiary/aromatic N) is 1. The van der Waals surface area contributed by atoms with Crippen molar-refractivity contribution in [3.63, 3.8) is 0 Å². The Morgan fingerprint density at radius 1 is 1.12 bits per heavy atom. The van der Waals surface area contributed by atoms with Crippen LogP contribution in [0.4, 0.5) is 5.69 Å². The highest BCUT2D eigenvalue weighted by atomic mass is 16.4. The maximum atomic E-state index is 12.1. The monoisotopic (exact) mass is 328 g/mol. The van der Waals surface area contributed by atoms with Crippen LogP contribution in [0, 0.1) is 0 Å². The standard InChI is InChI=1S/C18H20N2O4/c1-18(2,3)12-6-8-13(9-7-12)19-15(21)11-20-10-4-5-14(16(20)22)17(23)24/h4-10H,11H2,1-3H3,(H,19,21)(H,23,24). The number of anilines is 1. The predicted octanol–water partition coefficient (Wildman–Crippen LogP) is 2.48. The number of carboxylic acid groups (broad SMARTS) is 1. The number of rotatable bonds is 4. The average molecular weight is 328 g/mol. The van der Waals surface area contributed by atoms with E-state index >= 15 is 0 Å². The van der Waals surface area contributed by atoms with E-state index in [1.54, 1.807) is 12.1 Å². The van der Waals surface area contributed by atoms with Crippen LogP contribution in [0.3, 0.4) is 0 Å². The Morgan fingerprint density at radius 3 is 2.29 bits per heavy atom. The molecule has 0 fully saturated rings. The second-order valence-corrected chi connectivity index (χ2v) is 6.54. The van der Waals surface area contributed by atoms with Crippen molar-refractivity contribution in [2.45, 2.75) is 32.7 Å². The molecular formula is C18H20N2O4. The first-order valence-corrected chi connectivity index (χ1v) is 7.51. The molecule has 1 amide bonds. The molecule has 2 aromatic rings. The summed E-state index contributed by atoms with van der Waals surface area (Å²) in [5.41, 5.74) is 0.719. The number of hydrogen-bond acceptors (Lipinski definition) is 3. The normalized spacial score (nSPS) is 11.1. The van der Waals surface area contributed by atoms with Gasteiger partial charge in [-0.1, -0.05) is 32.9 Å². The molecule has 126 valence electrons. The van der Waals surface area contributed by atoms with Crippen LogP contribution < -0.4 is 10.9 Å². The summed E-state index contributed by atoms with van der Waals surface area (Å²) in [6.07, 6.45) is 1.39. The van der Waals surface area contributed by atoms with Gasteiger partial charge in [-0.25, -0.2) is 4.79 Å². The second kappa shape index (κ2) is 6.70. The van der Waals surface area contributed by atoms with Gasteiger partial charge in [0.25, 0.3) is 5.56 Å². The van der Waals surface area contributed by atoms with Crippen LogP contribution in [0.1, 0.15) is 36.7 Å². The van der Waals surface area contributed by atoms with Gasteiger partial charge in [-0.3, -0.25) is 9.59 Å². The van der Waals surface area contributed by atoms with Gasteiger partial charge in [0.2, 0.25) is 5.91 Å². The maximum Gasteiger partial charge on any atom is 0.341 e. The number of aromatic carboxylic acids is 1. The smallest absolute Gasteiger partial charge is 0.341 e. The lowest BCUT2D eigenvalue weighted by molar-refractivity contribution is -0.116. The third kappa shape index (κ3) is 4.10. The van der Waals surface area contributed by atoms with E-state index in [1.165, 1.54) is 18.3 Å². The molecule has 0 aliphatic heterocycles. The number of hydrogen-bond donors (Lipinski definition) is 2. The molecule has 6 nitrogen and oxygen atoms in total. The van der Waals surface area contributed by atoms with Gasteiger partial charge in [-0.05, 0) is 35.2 Å². The third-order valence-corrected chi connectivity index (χ3v) is 3.60. The largest absolute Gasteiger partial charge is 0.477 e. The van der Waals surface area contributed by atoms with Crippen molar-refractivity contribution in [2.75, 3.05) is 5.32 Å². The van der Waals surface area contributed by atoms with Gasteiger partial charge in [0.1, 0.15) is 12.1 Å². The van der Waals surface area contributed by atoms with E-state index in [0.717, 1.165) is 10.1 Å². The average Bonchev–Trinajstić information content (AvgIpc) is 2.48. The molecule has 1 aromatic heterocycles. The fourth-order valence-electron chi connectivity index (χ4n) is 2.23. The van der Waals surface area contributed by atoms with E-state index < -0.39 is 17.4 Å². The Hall–Kier alpha value is -2.89. The van der Waals surface area contributed by atoms with Crippen LogP contribution in [-0.2, 0) is 16.8 Å². The van der Waals surface area contributed by atoms with E-state index in [0.29, 0.717) is 5.69 Å². The van der Waals surface area contributed by atoms with Crippen LogP contribution in [0.25, 0.3) is 0 Å². The molecule has 0 spiro atoms. The number of benzene rings is 1. The second-order valence-electron chi connectivity index (χ2n) is 6.54. The molecule has 0 atom stereocenters. The van der Waals surface area contributed by atoms with Gasteiger partial charge in [0.15, 0.2) is 0 Å². The fourth-order valence-corrected chi connectivity index (χ4v) is 2.23. The van der Waals surface area contributed by atoms with Crippen LogP contribution in [0.5, 0.6) is 0 Å². The van der Waals surface area contributed by atoms with Crippen LogP contribution in [0.2, 0.25) is 0 Å². The summed E-state index contributed by atoms with van der Waals surface area (Å²) in [5.74, 6) is -1.71. The van der Waals surface area contributed by atoms with Crippen molar-refractivity contribution < 1.29 is 14.7 Å². The van der Waals surface area contributed by atoms with E-state index in [1.807, 2.05) is 12.1 Å². The highest BCUT2D eigenvalue weighted by Crippen LogP contribution is 2.23. The molecule has 0 aliphatic carbocycles. The number of aromatic nitrogens is 1. The predicted molar refractivity (Wildman–Crippen MR) is 91.4 cm³/mol. The number of carbonyl (C=O) groups excluding carboxylic acids is 1. The van der Waals surface area contributed by atoms with Gasteiger partial charge in [0.05, 0.1) is 0 Å². The summed E-state index contributed by atoms with van der Waals surface area (Å²) < 4.78 is 1.07. The lowest BCUT2D eigenvalue weighted by atomic mass is 9.87. The molecule has 0 aliphatic rings. The van der Waals surface area contributed by atoms with Crippen molar-refractivity contribution in [1.29, 1.82) is 0 Å². The topological polar surface area (TPSA) is 88.4 Å². The summed E-state index contributed by atoms with van der Waals surface area (Å²) in [7, 11) is 0. The van der Waals surface area contributed by atoms with Crippen LogP contribution in [0.15, 0.2) is 47.4 Å². The van der Waals surface area contributed by atoms with Crippen molar-refractivity contribution in [2.24, 2.45) is 0 Å². The third-order valence-electron chi connectivity index (χ3n) is 3.60. The van der Waals surface area contributed by atoms with Gasteiger partial charge in [0, 0.05) is 11.9 Å². The highest BCUT2D eigenvalue weighted by molar-refractivity contribution is 5.91. The van der Waals surface area contributed by atoms with Crippen molar-refractivity contribution in [3.05, 3.63) is 64.1 Å². The fraction of sp³-hybridized carbons (Fsp3) is 0.278. The van der Waals surface area contributed by atoms with Gasteiger partial charge >= 0.3 is 5.97 Å². The Bertz CT molecular complexity index is 814. The number of nitrogens with one attached hydrogen (secondary N) is 1. The first kappa shape index (κ1) is 17.5. The summed E-state index contributed by atoms with van der Waals surface area (Å²) in [5, 5.41) is 11.6. The highest BCUT2D eigenvalue weighted by Gasteiger charge is 2.14. The van der Waals surface area contributed by atoms with Crippen molar-refractivity contribution in [1.82, 2.24) is 4.57 Å². The van der Waals surface area contributed by atoms with Gasteiger partial charge in [-0.15, -0.1) is 0 Å². The molecule has 2 N–H and O–H groups in total. The van der Waals surface area contributed by atoms with Crippen molar-refractivity contribution in [3.8, 4) is 0 Å². The molecule has 0 saturated carbocycles. The number of amides is 1. The number of carbonyl (C=O) groups is 2. The molecule has 2 rings (SSSR count). The summed E-state index contributed by atoms with van der Waals surface area (Å²) >= 11 is 0. The minimum absolute atomic E-state index is 0.0210. The van der Waals surface area contributed by atoms with E-state index in [4.69, 9.17) is 5.11 Å². The Morgan fingerprint density at radius 2 is 1.75 bits per heavy atom. The molecule has 0 radical (unpaired) electrons. The SMILES string of the molecule is CC(C)(C)c1ccc(NC(=O)Cn2cccc(C(=O)O)c2=O)cc1. The molecule has 24 heavy (non-hydrogen) atoms. The van der Waals surface area contributed by atoms with Crippen LogP contribution >= 0.6 is 0 Å². The summed E-state index contributed by atoms with van der Waals surface area (Å²) in [6.45, 7) is 6.05. The Labute approximate surface area is 139 Å². The quantitative estimate of drug-likeness (QED) is 0.902. The molecule has 0 saturated heterocycles. The Kier molecular flexibility index (Phi) is 4.87. The first-order valence-electron chi connectivity index (χ1n) is 7.51. The molecular weight excluding hydrogens is 308 g/mol. The molecule has 6 heteroatoms. The van der Waals surface area contributed by atoms with E-state index in [2.05, 4.69) is 26.1 Å². The Balaban J connectivity index is 2.10. The van der Waals surface area contributed by atoms with E-state index in [-0.39, 0.29) is 17.5 Å². The zero-order chi connectivity index (χ0) is 17.9. The van der Waals surface area contributed by atoms with Gasteiger partial charge < -0.3 is 15.0 Å². The summed E-state index contributed by atoms with van der Waals surface area (Å²) in [4.78, 5) is 35.0. The lowest BCUT2D eigenvalue weighted by Crippen LogP contribution is -2.30. The number of carboxylic acids is 1. The zero-order valence-corrected chi connectivity index (χ0v) is 13.9. The molecule has 1 heterocycles. The maximum absolute atomic E-state index is 12.1. The molecule has 1 aromatic carbocycles. The number of pyridine rings is 1. The minimum atomic E-state index is -1.31. The minimum Gasteiger partial charge on any atom is -0.477 e. The first-order chi connectivity index (χ1) is 11.2. The summed E-state index contributed by atoms with van der Waals surface area (Å²) in [6, 6.07) is 10.1. The molecule has 0 unspecified atom stereocenters. The van der Waals surface area contributed by atoms with Gasteiger partial charge in [-0.2, -0.15) is 0 Å². The zero-order valence-electron chi connectivity index (χ0n) is 13.9. The molecule has 0 bridgehead atoms. The van der Waals surface area contributed by atoms with Crippen molar-refractivity contribution >= 4 is 17.6 Å². The lowest BCUT2D eigenvalue weighted by Gasteiger charge is -2.19. The van der Waals surface area contributed by atoms with E-state index in [9.17, 15) is 14.4 Å².